The van der Waals surface area contributed by atoms with E-state index in [0.717, 1.165) is 16.8 Å². The summed E-state index contributed by atoms with van der Waals surface area (Å²) in [5.41, 5.74) is 2.97. The molecular formula is C13H16N2S. The van der Waals surface area contributed by atoms with Gasteiger partial charge in [0, 0.05) is 11.7 Å². The second-order valence-electron chi connectivity index (χ2n) is 4.17. The number of rotatable bonds is 2. The van der Waals surface area contributed by atoms with Gasteiger partial charge in [0.05, 0.1) is 11.6 Å². The molecule has 1 aliphatic heterocycles. The van der Waals surface area contributed by atoms with Gasteiger partial charge in [0.1, 0.15) is 0 Å². The summed E-state index contributed by atoms with van der Waals surface area (Å²) in [7, 11) is 0. The average Bonchev–Trinajstić information content (AvgIpc) is 2.31. The maximum Gasteiger partial charge on any atom is 0.0994 e. The summed E-state index contributed by atoms with van der Waals surface area (Å²) >= 11 is 2.04. The van der Waals surface area contributed by atoms with Gasteiger partial charge in [-0.3, -0.25) is 0 Å². The van der Waals surface area contributed by atoms with Gasteiger partial charge in [-0.2, -0.15) is 17.0 Å². The summed E-state index contributed by atoms with van der Waals surface area (Å²) in [5.74, 6) is 2.51. The number of aryl methyl sites for hydroxylation is 1. The van der Waals surface area contributed by atoms with Crippen LogP contribution in [0.15, 0.2) is 18.2 Å². The summed E-state index contributed by atoms with van der Waals surface area (Å²) in [6.07, 6.45) is 2.48. The Kier molecular flexibility index (Phi) is 3.74. The minimum Gasteiger partial charge on any atom is -0.382 e. The Hall–Kier alpha value is -1.14. The summed E-state index contributed by atoms with van der Waals surface area (Å²) in [5, 5.41) is 12.4. The Morgan fingerprint density at radius 2 is 2.12 bits per heavy atom. The highest BCUT2D eigenvalue weighted by Crippen LogP contribution is 2.22. The third-order valence-electron chi connectivity index (χ3n) is 2.94. The van der Waals surface area contributed by atoms with E-state index in [1.807, 2.05) is 30.8 Å². The van der Waals surface area contributed by atoms with Crippen LogP contribution >= 0.6 is 11.8 Å². The minimum absolute atomic E-state index is 0.605. The van der Waals surface area contributed by atoms with Gasteiger partial charge in [0.15, 0.2) is 0 Å². The summed E-state index contributed by atoms with van der Waals surface area (Å²) in [6.45, 7) is 1.99. The van der Waals surface area contributed by atoms with Gasteiger partial charge in [-0.15, -0.1) is 0 Å². The third kappa shape index (κ3) is 2.70. The Bertz CT molecular complexity index is 403. The molecule has 1 aromatic carbocycles. The fourth-order valence-corrected chi connectivity index (χ4v) is 3.06. The zero-order chi connectivity index (χ0) is 11.4. The predicted molar refractivity (Wildman–Crippen MR) is 69.9 cm³/mol. The lowest BCUT2D eigenvalue weighted by molar-refractivity contribution is 0.667. The molecule has 0 atom stereocenters. The largest absolute Gasteiger partial charge is 0.382 e. The number of anilines is 1. The first-order valence-electron chi connectivity index (χ1n) is 5.64. The Balaban J connectivity index is 2.04. The van der Waals surface area contributed by atoms with Crippen LogP contribution in [-0.4, -0.2) is 17.5 Å². The fraction of sp³-hybridized carbons (Fsp3) is 0.462. The SMILES string of the molecule is Cc1cc(NC2CCSCC2)ccc1C#N. The van der Waals surface area contributed by atoms with Crippen LogP contribution in [0.2, 0.25) is 0 Å². The van der Waals surface area contributed by atoms with Crippen molar-refractivity contribution in [2.24, 2.45) is 0 Å². The first-order chi connectivity index (χ1) is 7.79. The van der Waals surface area contributed by atoms with E-state index in [1.54, 1.807) is 0 Å². The monoisotopic (exact) mass is 232 g/mol. The molecular weight excluding hydrogens is 216 g/mol. The molecule has 84 valence electrons. The highest BCUT2D eigenvalue weighted by Gasteiger charge is 2.13. The minimum atomic E-state index is 0.605. The topological polar surface area (TPSA) is 35.8 Å². The zero-order valence-electron chi connectivity index (χ0n) is 9.49. The number of benzene rings is 1. The van der Waals surface area contributed by atoms with E-state index in [4.69, 9.17) is 5.26 Å². The van der Waals surface area contributed by atoms with Gasteiger partial charge in [0.25, 0.3) is 0 Å². The van der Waals surface area contributed by atoms with E-state index in [9.17, 15) is 0 Å². The molecule has 0 unspecified atom stereocenters. The number of nitrogens with zero attached hydrogens (tertiary/aromatic N) is 1. The summed E-state index contributed by atoms with van der Waals surface area (Å²) < 4.78 is 0. The highest BCUT2D eigenvalue weighted by molar-refractivity contribution is 7.99. The molecule has 0 bridgehead atoms. The Labute approximate surface area is 101 Å². The molecule has 0 saturated carbocycles. The number of hydrogen-bond acceptors (Lipinski definition) is 3. The Morgan fingerprint density at radius 3 is 2.75 bits per heavy atom. The summed E-state index contributed by atoms with van der Waals surface area (Å²) in [4.78, 5) is 0. The maximum atomic E-state index is 8.86. The molecule has 1 aliphatic rings. The quantitative estimate of drug-likeness (QED) is 0.850. The third-order valence-corrected chi connectivity index (χ3v) is 3.99. The van der Waals surface area contributed by atoms with Crippen molar-refractivity contribution >= 4 is 17.4 Å². The molecule has 1 aromatic rings. The van der Waals surface area contributed by atoms with E-state index >= 15 is 0 Å². The number of thioether (sulfide) groups is 1. The van der Waals surface area contributed by atoms with E-state index in [2.05, 4.69) is 17.5 Å². The molecule has 1 heterocycles. The predicted octanol–water partition coefficient (Wildman–Crippen LogP) is 3.17. The van der Waals surface area contributed by atoms with Gasteiger partial charge in [-0.05, 0) is 55.0 Å². The van der Waals surface area contributed by atoms with Crippen molar-refractivity contribution in [2.75, 3.05) is 16.8 Å². The number of hydrogen-bond donors (Lipinski definition) is 1. The molecule has 1 fully saturated rings. The first-order valence-corrected chi connectivity index (χ1v) is 6.80. The van der Waals surface area contributed by atoms with Crippen LogP contribution in [0.25, 0.3) is 0 Å². The van der Waals surface area contributed by atoms with Crippen LogP contribution in [0.3, 0.4) is 0 Å². The van der Waals surface area contributed by atoms with Crippen molar-refractivity contribution < 1.29 is 0 Å². The van der Waals surface area contributed by atoms with Crippen molar-refractivity contribution in [2.45, 2.75) is 25.8 Å². The lowest BCUT2D eigenvalue weighted by Crippen LogP contribution is -2.24. The smallest absolute Gasteiger partial charge is 0.0994 e. The first kappa shape index (κ1) is 11.3. The maximum absolute atomic E-state index is 8.86. The molecule has 16 heavy (non-hydrogen) atoms. The molecule has 0 radical (unpaired) electrons. The van der Waals surface area contributed by atoms with Gasteiger partial charge in [0.2, 0.25) is 0 Å². The second kappa shape index (κ2) is 5.27. The second-order valence-corrected chi connectivity index (χ2v) is 5.40. The van der Waals surface area contributed by atoms with E-state index in [-0.39, 0.29) is 0 Å². The van der Waals surface area contributed by atoms with Crippen LogP contribution in [0.4, 0.5) is 5.69 Å². The van der Waals surface area contributed by atoms with E-state index in [0.29, 0.717) is 6.04 Å². The van der Waals surface area contributed by atoms with E-state index < -0.39 is 0 Å². The molecule has 0 aliphatic carbocycles. The van der Waals surface area contributed by atoms with Gasteiger partial charge >= 0.3 is 0 Å². The van der Waals surface area contributed by atoms with Gasteiger partial charge in [-0.25, -0.2) is 0 Å². The van der Waals surface area contributed by atoms with Crippen molar-refractivity contribution in [1.82, 2.24) is 0 Å². The van der Waals surface area contributed by atoms with Crippen molar-refractivity contribution in [3.05, 3.63) is 29.3 Å². The molecule has 3 heteroatoms. The molecule has 1 N–H and O–H groups in total. The number of nitriles is 1. The summed E-state index contributed by atoms with van der Waals surface area (Å²) in [6, 6.07) is 8.78. The molecule has 1 saturated heterocycles. The van der Waals surface area contributed by atoms with Crippen molar-refractivity contribution in [1.29, 1.82) is 5.26 Å². The van der Waals surface area contributed by atoms with Gasteiger partial charge < -0.3 is 5.32 Å². The van der Waals surface area contributed by atoms with Crippen molar-refractivity contribution in [3.8, 4) is 6.07 Å². The highest BCUT2D eigenvalue weighted by atomic mass is 32.2. The van der Waals surface area contributed by atoms with Crippen LogP contribution in [-0.2, 0) is 0 Å². The van der Waals surface area contributed by atoms with E-state index in [1.165, 1.54) is 24.3 Å². The zero-order valence-corrected chi connectivity index (χ0v) is 10.3. The molecule has 2 nitrogen and oxygen atoms in total. The van der Waals surface area contributed by atoms with Crippen LogP contribution in [0, 0.1) is 18.3 Å². The molecule has 0 aromatic heterocycles. The average molecular weight is 232 g/mol. The molecule has 2 rings (SSSR count). The normalized spacial score (nSPS) is 16.8. The lowest BCUT2D eigenvalue weighted by atomic mass is 10.1. The standard InChI is InChI=1S/C13H16N2S/c1-10-8-13(3-2-11(10)9-14)15-12-4-6-16-7-5-12/h2-3,8,12,15H,4-7H2,1H3. The van der Waals surface area contributed by atoms with Crippen LogP contribution in [0.1, 0.15) is 24.0 Å². The van der Waals surface area contributed by atoms with Crippen LogP contribution < -0.4 is 5.32 Å². The molecule has 0 amide bonds. The lowest BCUT2D eigenvalue weighted by Gasteiger charge is -2.23. The van der Waals surface area contributed by atoms with Crippen LogP contribution in [0.5, 0.6) is 0 Å². The van der Waals surface area contributed by atoms with Gasteiger partial charge in [-0.1, -0.05) is 0 Å². The molecule has 0 spiro atoms. The Morgan fingerprint density at radius 1 is 1.38 bits per heavy atom. The van der Waals surface area contributed by atoms with Crippen molar-refractivity contribution in [3.63, 3.8) is 0 Å². The number of nitrogens with one attached hydrogen (secondary N) is 1. The fourth-order valence-electron chi connectivity index (χ4n) is 1.96.